The zero-order valence-electron chi connectivity index (χ0n) is 13.0. The topological polar surface area (TPSA) is 50.8 Å². The van der Waals surface area contributed by atoms with Gasteiger partial charge in [-0.05, 0) is 24.3 Å². The molecule has 3 rings (SSSR count). The van der Waals surface area contributed by atoms with Crippen molar-refractivity contribution in [3.63, 3.8) is 0 Å². The highest BCUT2D eigenvalue weighted by molar-refractivity contribution is 6.31. The van der Waals surface area contributed by atoms with E-state index in [-0.39, 0.29) is 10.6 Å². The summed E-state index contributed by atoms with van der Waals surface area (Å²) in [5, 5.41) is 12.3. The van der Waals surface area contributed by atoms with E-state index in [1.807, 2.05) is 18.2 Å². The summed E-state index contributed by atoms with van der Waals surface area (Å²) in [6.45, 7) is 4.44. The van der Waals surface area contributed by atoms with Gasteiger partial charge in [-0.2, -0.15) is 0 Å². The molecule has 0 aliphatic carbocycles. The highest BCUT2D eigenvalue weighted by Crippen LogP contribution is 2.22. The zero-order chi connectivity index (χ0) is 17.1. The Morgan fingerprint density at radius 3 is 2.54 bits per heavy atom. The van der Waals surface area contributed by atoms with Crippen molar-refractivity contribution in [1.29, 1.82) is 0 Å². The number of anilines is 1. The van der Waals surface area contributed by atoms with E-state index in [0.717, 1.165) is 42.5 Å². The van der Waals surface area contributed by atoms with Crippen molar-refractivity contribution >= 4 is 34.6 Å². The predicted octanol–water partition coefficient (Wildman–Crippen LogP) is 2.81. The second kappa shape index (κ2) is 7.38. The molecule has 1 aliphatic heterocycles. The fourth-order valence-electron chi connectivity index (χ4n) is 3.01. The van der Waals surface area contributed by atoms with Crippen LogP contribution in [0.3, 0.4) is 0 Å². The number of benzene rings is 2. The van der Waals surface area contributed by atoms with E-state index in [1.54, 1.807) is 12.1 Å². The van der Waals surface area contributed by atoms with Crippen LogP contribution in [0.2, 0.25) is 10.0 Å². The number of nitrogens with zero attached hydrogens (tertiary/aromatic N) is 2. The van der Waals surface area contributed by atoms with Crippen molar-refractivity contribution in [2.45, 2.75) is 6.54 Å². The maximum absolute atomic E-state index is 10.9. The van der Waals surface area contributed by atoms with Gasteiger partial charge in [-0.25, -0.2) is 0 Å². The van der Waals surface area contributed by atoms with Crippen LogP contribution in [0.25, 0.3) is 0 Å². The minimum Gasteiger partial charge on any atom is -0.360 e. The van der Waals surface area contributed by atoms with E-state index in [1.165, 1.54) is 11.0 Å². The van der Waals surface area contributed by atoms with Crippen molar-refractivity contribution in [3.05, 3.63) is 68.2 Å². The molecule has 0 aromatic heterocycles. The van der Waals surface area contributed by atoms with Crippen molar-refractivity contribution in [2.75, 3.05) is 31.1 Å². The lowest BCUT2D eigenvalue weighted by Gasteiger charge is -2.33. The summed E-state index contributed by atoms with van der Waals surface area (Å²) in [6, 6.07) is 12.5. The Morgan fingerprint density at radius 1 is 1.12 bits per heavy atom. The molecule has 0 saturated carbocycles. The molecule has 0 unspecified atom stereocenters. The van der Waals surface area contributed by atoms with Crippen LogP contribution in [0.15, 0.2) is 42.5 Å². The Morgan fingerprint density at radius 2 is 1.88 bits per heavy atom. The number of hydrogen-bond acceptors (Lipinski definition) is 3. The molecule has 0 spiro atoms. The largest absolute Gasteiger partial charge is 0.360 e. The normalized spacial score (nSPS) is 15.5. The number of hydrogen-bond donors (Lipinski definition) is 1. The lowest BCUT2D eigenvalue weighted by Crippen LogP contribution is -3.13. The van der Waals surface area contributed by atoms with Gasteiger partial charge in [0.05, 0.1) is 31.1 Å². The molecular weight excluding hydrogens is 349 g/mol. The first-order chi connectivity index (χ1) is 11.5. The van der Waals surface area contributed by atoms with E-state index >= 15 is 0 Å². The zero-order valence-corrected chi connectivity index (χ0v) is 14.6. The van der Waals surface area contributed by atoms with Gasteiger partial charge in [0.2, 0.25) is 0 Å². The summed E-state index contributed by atoms with van der Waals surface area (Å²) in [5.74, 6) is 0. The molecule has 0 atom stereocenters. The Bertz CT molecular complexity index is 746. The summed E-state index contributed by atoms with van der Waals surface area (Å²) < 4.78 is 0. The molecule has 0 bridgehead atoms. The molecule has 0 radical (unpaired) electrons. The van der Waals surface area contributed by atoms with E-state index < -0.39 is 0 Å². The highest BCUT2D eigenvalue weighted by atomic mass is 35.5. The third-order valence-electron chi connectivity index (χ3n) is 4.32. The smallest absolute Gasteiger partial charge is 0.270 e. The molecule has 1 N–H and O–H groups in total. The van der Waals surface area contributed by atoms with Crippen LogP contribution in [0.4, 0.5) is 11.4 Å². The van der Waals surface area contributed by atoms with Crippen molar-refractivity contribution in [2.24, 2.45) is 0 Å². The fraction of sp³-hybridized carbons (Fsp3) is 0.294. The first-order valence-electron chi connectivity index (χ1n) is 7.80. The Balaban J connectivity index is 1.63. The average molecular weight is 367 g/mol. The third-order valence-corrected chi connectivity index (χ3v) is 4.93. The van der Waals surface area contributed by atoms with E-state index in [2.05, 4.69) is 11.0 Å². The molecule has 2 aromatic carbocycles. The lowest BCUT2D eigenvalue weighted by molar-refractivity contribution is -0.914. The van der Waals surface area contributed by atoms with E-state index in [9.17, 15) is 10.1 Å². The molecule has 1 heterocycles. The monoisotopic (exact) mass is 366 g/mol. The molecule has 126 valence electrons. The molecule has 7 heteroatoms. The number of halogens is 2. The quantitative estimate of drug-likeness (QED) is 0.668. The first kappa shape index (κ1) is 17.0. The van der Waals surface area contributed by atoms with Crippen LogP contribution in [-0.4, -0.2) is 31.1 Å². The third kappa shape index (κ3) is 3.98. The van der Waals surface area contributed by atoms with Gasteiger partial charge in [-0.3, -0.25) is 10.1 Å². The van der Waals surface area contributed by atoms with Gasteiger partial charge < -0.3 is 9.80 Å². The SMILES string of the molecule is O=[N+]([O-])c1ccc(Cl)c(C[NH+]2CCN(c3cccc(Cl)c3)CC2)c1. The Hall–Kier alpha value is -1.82. The first-order valence-corrected chi connectivity index (χ1v) is 8.55. The van der Waals surface area contributed by atoms with Crippen LogP contribution < -0.4 is 9.80 Å². The maximum Gasteiger partial charge on any atom is 0.270 e. The number of non-ortho nitro benzene ring substituents is 1. The standard InChI is InChI=1S/C17H17Cl2N3O2/c18-14-2-1-3-15(11-14)21-8-6-20(7-9-21)12-13-10-16(22(23)24)4-5-17(13)19/h1-5,10-11H,6-9,12H2/p+1. The fourth-order valence-corrected chi connectivity index (χ4v) is 3.38. The molecule has 0 amide bonds. The van der Waals surface area contributed by atoms with E-state index in [4.69, 9.17) is 23.2 Å². The van der Waals surface area contributed by atoms with E-state index in [0.29, 0.717) is 11.6 Å². The van der Waals surface area contributed by atoms with Crippen molar-refractivity contribution in [3.8, 4) is 0 Å². The van der Waals surface area contributed by atoms with Crippen molar-refractivity contribution < 1.29 is 9.82 Å². The average Bonchev–Trinajstić information content (AvgIpc) is 2.57. The molecule has 1 saturated heterocycles. The number of rotatable bonds is 4. The van der Waals surface area contributed by atoms with Crippen LogP contribution in [0.1, 0.15) is 5.56 Å². The minimum atomic E-state index is -0.383. The predicted molar refractivity (Wildman–Crippen MR) is 96.2 cm³/mol. The number of piperazine rings is 1. The number of nitro groups is 1. The number of nitrogens with one attached hydrogen (secondary N) is 1. The van der Waals surface area contributed by atoms with Gasteiger partial charge >= 0.3 is 0 Å². The summed E-state index contributed by atoms with van der Waals surface area (Å²) in [5.41, 5.74) is 2.05. The van der Waals surface area contributed by atoms with Gasteiger partial charge in [0.1, 0.15) is 6.54 Å². The minimum absolute atomic E-state index is 0.0892. The Labute approximate surface area is 150 Å². The molecule has 1 fully saturated rings. The summed E-state index contributed by atoms with van der Waals surface area (Å²) in [6.07, 6.45) is 0. The van der Waals surface area contributed by atoms with Gasteiger partial charge in [0.15, 0.2) is 0 Å². The van der Waals surface area contributed by atoms with Crippen LogP contribution in [0.5, 0.6) is 0 Å². The number of nitro benzene ring substituents is 1. The number of quaternary nitrogens is 1. The molecule has 24 heavy (non-hydrogen) atoms. The summed E-state index contributed by atoms with van der Waals surface area (Å²) >= 11 is 12.3. The molecule has 2 aromatic rings. The van der Waals surface area contributed by atoms with Gasteiger partial charge in [-0.1, -0.05) is 29.3 Å². The van der Waals surface area contributed by atoms with Gasteiger partial charge in [-0.15, -0.1) is 0 Å². The molecule has 1 aliphatic rings. The summed E-state index contributed by atoms with van der Waals surface area (Å²) in [7, 11) is 0. The van der Waals surface area contributed by atoms with Crippen LogP contribution in [-0.2, 0) is 6.54 Å². The van der Waals surface area contributed by atoms with Gasteiger partial charge in [0.25, 0.3) is 5.69 Å². The summed E-state index contributed by atoms with van der Waals surface area (Å²) in [4.78, 5) is 14.2. The second-order valence-corrected chi connectivity index (χ2v) is 6.77. The van der Waals surface area contributed by atoms with Crippen LogP contribution in [0, 0.1) is 10.1 Å². The van der Waals surface area contributed by atoms with Crippen LogP contribution >= 0.6 is 23.2 Å². The lowest BCUT2D eigenvalue weighted by atomic mass is 10.1. The Kier molecular flexibility index (Phi) is 5.23. The maximum atomic E-state index is 10.9. The van der Waals surface area contributed by atoms with Gasteiger partial charge in [0, 0.05) is 33.4 Å². The molecular formula is C17H18Cl2N3O2+. The second-order valence-electron chi connectivity index (χ2n) is 5.93. The van der Waals surface area contributed by atoms with Crippen molar-refractivity contribution in [1.82, 2.24) is 0 Å². The highest BCUT2D eigenvalue weighted by Gasteiger charge is 2.22. The molecule has 5 nitrogen and oxygen atoms in total.